The van der Waals surface area contributed by atoms with Gasteiger partial charge in [0.05, 0.1) is 0 Å². The number of rotatable bonds is 2. The van der Waals surface area contributed by atoms with E-state index in [1.165, 1.54) is 0 Å². The first kappa shape index (κ1) is 11.0. The highest BCUT2D eigenvalue weighted by molar-refractivity contribution is 5.84. The van der Waals surface area contributed by atoms with Crippen molar-refractivity contribution in [1.29, 1.82) is 0 Å². The van der Waals surface area contributed by atoms with Crippen molar-refractivity contribution < 1.29 is 9.59 Å². The summed E-state index contributed by atoms with van der Waals surface area (Å²) in [6.07, 6.45) is 4.71. The normalized spacial score (nSPS) is 18.6. The highest BCUT2D eigenvalue weighted by Crippen LogP contribution is 2.11. The third kappa shape index (κ3) is 3.33. The van der Waals surface area contributed by atoms with Crippen molar-refractivity contribution in [3.05, 3.63) is 0 Å². The molecule has 0 spiro atoms. The molecule has 5 nitrogen and oxygen atoms in total. The molecule has 80 valence electrons. The van der Waals surface area contributed by atoms with Crippen molar-refractivity contribution >= 4 is 11.8 Å². The highest BCUT2D eigenvalue weighted by atomic mass is 16.2. The van der Waals surface area contributed by atoms with Crippen molar-refractivity contribution in [3.8, 4) is 0 Å². The lowest BCUT2D eigenvalue weighted by molar-refractivity contribution is -0.136. The van der Waals surface area contributed by atoms with E-state index in [0.29, 0.717) is 13.0 Å². The van der Waals surface area contributed by atoms with Gasteiger partial charge in [-0.15, -0.1) is 0 Å². The molecule has 0 bridgehead atoms. The van der Waals surface area contributed by atoms with Crippen LogP contribution in [0.1, 0.15) is 32.1 Å². The summed E-state index contributed by atoms with van der Waals surface area (Å²) in [5, 5.41) is 0. The third-order valence-electron chi connectivity index (χ3n) is 2.42. The van der Waals surface area contributed by atoms with E-state index in [0.717, 1.165) is 25.7 Å². The van der Waals surface area contributed by atoms with E-state index in [1.54, 1.807) is 4.90 Å². The number of hydrogen-bond donors (Lipinski definition) is 2. The third-order valence-corrected chi connectivity index (χ3v) is 2.42. The summed E-state index contributed by atoms with van der Waals surface area (Å²) < 4.78 is 0. The van der Waals surface area contributed by atoms with E-state index in [4.69, 9.17) is 5.84 Å². The fourth-order valence-corrected chi connectivity index (χ4v) is 1.60. The van der Waals surface area contributed by atoms with Crippen molar-refractivity contribution in [1.82, 2.24) is 10.3 Å². The molecule has 0 atom stereocenters. The molecule has 2 amide bonds. The van der Waals surface area contributed by atoms with E-state index >= 15 is 0 Å². The summed E-state index contributed by atoms with van der Waals surface area (Å²) in [5.41, 5.74) is 2.04. The van der Waals surface area contributed by atoms with Crippen LogP contribution in [0.15, 0.2) is 0 Å². The molecule has 0 unspecified atom stereocenters. The van der Waals surface area contributed by atoms with Crippen LogP contribution in [0.5, 0.6) is 0 Å². The minimum Gasteiger partial charge on any atom is -0.333 e. The number of amides is 2. The Bertz CT molecular complexity index is 218. The maximum absolute atomic E-state index is 11.5. The van der Waals surface area contributed by atoms with Crippen LogP contribution in [0, 0.1) is 0 Å². The van der Waals surface area contributed by atoms with Crippen molar-refractivity contribution in [3.63, 3.8) is 0 Å². The van der Waals surface area contributed by atoms with Crippen LogP contribution >= 0.6 is 0 Å². The Labute approximate surface area is 83.6 Å². The average Bonchev–Trinajstić information content (AvgIpc) is 2.17. The van der Waals surface area contributed by atoms with Gasteiger partial charge in [0.25, 0.3) is 5.91 Å². The molecule has 3 N–H and O–H groups in total. The summed E-state index contributed by atoms with van der Waals surface area (Å²) in [4.78, 5) is 24.1. The Morgan fingerprint density at radius 2 is 2.07 bits per heavy atom. The quantitative estimate of drug-likeness (QED) is 0.366. The Kier molecular flexibility index (Phi) is 4.39. The minimum atomic E-state index is -0.307. The average molecular weight is 199 g/mol. The first-order valence-corrected chi connectivity index (χ1v) is 5.01. The second-order valence-corrected chi connectivity index (χ2v) is 3.55. The first-order chi connectivity index (χ1) is 6.74. The molecule has 0 aliphatic carbocycles. The standard InChI is InChI=1S/C9H17N3O2/c10-11-8(13)7-12-6-4-2-1-3-5-9(12)14/h1-7,10H2,(H,11,13). The summed E-state index contributed by atoms with van der Waals surface area (Å²) in [6, 6.07) is 0. The molecular weight excluding hydrogens is 182 g/mol. The molecule has 0 saturated carbocycles. The maximum atomic E-state index is 11.5. The summed E-state index contributed by atoms with van der Waals surface area (Å²) in [6.45, 7) is 0.765. The van der Waals surface area contributed by atoms with E-state index in [1.807, 2.05) is 5.43 Å². The predicted octanol–water partition coefficient (Wildman–Crippen LogP) is -0.231. The smallest absolute Gasteiger partial charge is 0.253 e. The lowest BCUT2D eigenvalue weighted by atomic mass is 10.1. The molecule has 1 saturated heterocycles. The molecule has 0 aromatic heterocycles. The van der Waals surface area contributed by atoms with Crippen LogP contribution < -0.4 is 11.3 Å². The number of carbonyl (C=O) groups excluding carboxylic acids is 2. The number of hydrazine groups is 1. The van der Waals surface area contributed by atoms with Gasteiger partial charge in [-0.3, -0.25) is 15.0 Å². The van der Waals surface area contributed by atoms with Gasteiger partial charge in [0.15, 0.2) is 0 Å². The molecule has 1 fully saturated rings. The zero-order valence-corrected chi connectivity index (χ0v) is 8.29. The van der Waals surface area contributed by atoms with Gasteiger partial charge in [-0.1, -0.05) is 12.8 Å². The second-order valence-electron chi connectivity index (χ2n) is 3.55. The topological polar surface area (TPSA) is 75.4 Å². The Hall–Kier alpha value is -1.10. The monoisotopic (exact) mass is 199 g/mol. The lowest BCUT2D eigenvalue weighted by Crippen LogP contribution is -2.43. The Balaban J connectivity index is 2.45. The van der Waals surface area contributed by atoms with Crippen LogP contribution in [0.4, 0.5) is 0 Å². The van der Waals surface area contributed by atoms with Gasteiger partial charge in [-0.25, -0.2) is 5.84 Å². The number of hydrogen-bond acceptors (Lipinski definition) is 3. The van der Waals surface area contributed by atoms with E-state index < -0.39 is 0 Å². The first-order valence-electron chi connectivity index (χ1n) is 5.01. The molecule has 1 heterocycles. The SMILES string of the molecule is NNC(=O)CN1CCCCCCC1=O. The van der Waals surface area contributed by atoms with Gasteiger partial charge < -0.3 is 4.90 Å². The van der Waals surface area contributed by atoms with Crippen molar-refractivity contribution in [2.24, 2.45) is 5.84 Å². The maximum Gasteiger partial charge on any atom is 0.253 e. The number of nitrogens with two attached hydrogens (primary N) is 1. The molecular formula is C9H17N3O2. The summed E-state index contributed by atoms with van der Waals surface area (Å²) in [7, 11) is 0. The highest BCUT2D eigenvalue weighted by Gasteiger charge is 2.17. The van der Waals surface area contributed by atoms with Gasteiger partial charge in [-0.05, 0) is 12.8 Å². The van der Waals surface area contributed by atoms with Crippen LogP contribution in [0.3, 0.4) is 0 Å². The molecule has 1 rings (SSSR count). The molecule has 5 heteroatoms. The Morgan fingerprint density at radius 3 is 2.79 bits per heavy atom. The van der Waals surface area contributed by atoms with Crippen molar-refractivity contribution in [2.45, 2.75) is 32.1 Å². The predicted molar refractivity (Wildman–Crippen MR) is 52.0 cm³/mol. The van der Waals surface area contributed by atoms with Crippen LogP contribution in [-0.4, -0.2) is 29.8 Å². The molecule has 0 radical (unpaired) electrons. The molecule has 14 heavy (non-hydrogen) atoms. The fourth-order valence-electron chi connectivity index (χ4n) is 1.60. The van der Waals surface area contributed by atoms with E-state index in [2.05, 4.69) is 0 Å². The van der Waals surface area contributed by atoms with Gasteiger partial charge in [0.2, 0.25) is 5.91 Å². The fraction of sp³-hybridized carbons (Fsp3) is 0.778. The number of carbonyl (C=O) groups is 2. The number of nitrogens with one attached hydrogen (secondary N) is 1. The van der Waals surface area contributed by atoms with E-state index in [-0.39, 0.29) is 18.4 Å². The molecule has 1 aliphatic rings. The zero-order valence-electron chi connectivity index (χ0n) is 8.29. The second kappa shape index (κ2) is 5.59. The van der Waals surface area contributed by atoms with Gasteiger partial charge >= 0.3 is 0 Å². The molecule has 0 aromatic carbocycles. The van der Waals surface area contributed by atoms with Gasteiger partial charge in [0, 0.05) is 13.0 Å². The molecule has 1 aliphatic heterocycles. The van der Waals surface area contributed by atoms with Crippen molar-refractivity contribution in [2.75, 3.05) is 13.1 Å². The number of nitrogens with zero attached hydrogens (tertiary/aromatic N) is 1. The Morgan fingerprint density at radius 1 is 1.36 bits per heavy atom. The van der Waals surface area contributed by atoms with E-state index in [9.17, 15) is 9.59 Å². The number of likely N-dealkylation sites (tertiary alicyclic amines) is 1. The van der Waals surface area contributed by atoms with Crippen LogP contribution in [0.2, 0.25) is 0 Å². The van der Waals surface area contributed by atoms with Gasteiger partial charge in [0.1, 0.15) is 6.54 Å². The lowest BCUT2D eigenvalue weighted by Gasteiger charge is -2.23. The van der Waals surface area contributed by atoms with Crippen LogP contribution in [-0.2, 0) is 9.59 Å². The minimum absolute atomic E-state index is 0.0632. The largest absolute Gasteiger partial charge is 0.333 e. The van der Waals surface area contributed by atoms with Gasteiger partial charge in [-0.2, -0.15) is 0 Å². The van der Waals surface area contributed by atoms with Crippen LogP contribution in [0.25, 0.3) is 0 Å². The summed E-state index contributed by atoms with van der Waals surface area (Å²) >= 11 is 0. The summed E-state index contributed by atoms with van der Waals surface area (Å²) in [5.74, 6) is 4.72. The zero-order chi connectivity index (χ0) is 10.4. The molecule has 0 aromatic rings.